The molecule has 2 aliphatic rings. The van der Waals surface area contributed by atoms with Gasteiger partial charge in [0, 0.05) is 5.56 Å². The molecule has 1 atom stereocenters. The van der Waals surface area contributed by atoms with Crippen molar-refractivity contribution in [3.63, 3.8) is 0 Å². The van der Waals surface area contributed by atoms with Crippen LogP contribution in [-0.2, 0) is 16.2 Å². The molecular formula is C31H27N3O7S. The van der Waals surface area contributed by atoms with Gasteiger partial charge in [-0.15, -0.1) is 10.2 Å². The smallest absolute Gasteiger partial charge is 0.301 e. The Morgan fingerprint density at radius 1 is 0.976 bits per heavy atom. The number of carbonyl (C=O) groups excluding carboxylic acids is 2. The van der Waals surface area contributed by atoms with Crippen LogP contribution in [0.4, 0.5) is 5.13 Å². The normalized spacial score (nSPS) is 17.4. The number of benzene rings is 3. The summed E-state index contributed by atoms with van der Waals surface area (Å²) in [5.74, 6) is -0.105. The summed E-state index contributed by atoms with van der Waals surface area (Å²) >= 11 is 1.17. The van der Waals surface area contributed by atoms with Crippen LogP contribution in [0.2, 0.25) is 0 Å². The van der Waals surface area contributed by atoms with E-state index in [-0.39, 0.29) is 16.5 Å². The molecular weight excluding hydrogens is 558 g/mol. The molecule has 0 spiro atoms. The molecule has 10 nitrogen and oxygen atoms in total. The number of aryl methyl sites for hydroxylation is 1. The fraction of sp³-hybridized carbons (Fsp3) is 0.226. The third-order valence-electron chi connectivity index (χ3n) is 6.80. The topological polar surface area (TPSA) is 120 Å². The Kier molecular flexibility index (Phi) is 7.49. The van der Waals surface area contributed by atoms with Gasteiger partial charge in [-0.2, -0.15) is 0 Å². The minimum atomic E-state index is -1.01. The number of nitrogens with zero attached hydrogens (tertiary/aromatic N) is 3. The van der Waals surface area contributed by atoms with E-state index >= 15 is 0 Å². The lowest BCUT2D eigenvalue weighted by Crippen LogP contribution is -2.29. The second-order valence-electron chi connectivity index (χ2n) is 9.54. The molecule has 1 fully saturated rings. The van der Waals surface area contributed by atoms with Gasteiger partial charge in [0.05, 0.1) is 18.2 Å². The van der Waals surface area contributed by atoms with Gasteiger partial charge >= 0.3 is 5.91 Å². The lowest BCUT2D eigenvalue weighted by atomic mass is 9.95. The van der Waals surface area contributed by atoms with E-state index < -0.39 is 17.7 Å². The van der Waals surface area contributed by atoms with Crippen LogP contribution in [0.3, 0.4) is 0 Å². The molecule has 0 saturated carbocycles. The van der Waals surface area contributed by atoms with Gasteiger partial charge in [-0.25, -0.2) is 0 Å². The van der Waals surface area contributed by atoms with E-state index in [0.29, 0.717) is 65.6 Å². The minimum Gasteiger partial charge on any atom is -0.507 e. The van der Waals surface area contributed by atoms with E-state index in [1.165, 1.54) is 16.2 Å². The number of hydrogen-bond acceptors (Lipinski definition) is 10. The van der Waals surface area contributed by atoms with Crippen molar-refractivity contribution in [1.29, 1.82) is 0 Å². The molecule has 0 radical (unpaired) electrons. The quantitative estimate of drug-likeness (QED) is 0.169. The minimum absolute atomic E-state index is 0.0927. The van der Waals surface area contributed by atoms with Crippen LogP contribution in [-0.4, -0.2) is 46.8 Å². The molecule has 1 N–H and O–H groups in total. The second kappa shape index (κ2) is 11.5. The number of aromatic nitrogens is 2. The Morgan fingerprint density at radius 2 is 1.76 bits per heavy atom. The molecule has 1 saturated heterocycles. The predicted molar refractivity (Wildman–Crippen MR) is 155 cm³/mol. The first-order chi connectivity index (χ1) is 20.4. The maximum Gasteiger partial charge on any atom is 0.301 e. The summed E-state index contributed by atoms with van der Waals surface area (Å²) in [6.07, 6.45) is 0. The van der Waals surface area contributed by atoms with Crippen molar-refractivity contribution < 1.29 is 33.6 Å². The molecule has 3 heterocycles. The monoisotopic (exact) mass is 585 g/mol. The zero-order chi connectivity index (χ0) is 29.2. The Labute approximate surface area is 245 Å². The molecule has 1 amide bonds. The molecule has 42 heavy (non-hydrogen) atoms. The van der Waals surface area contributed by atoms with E-state index in [9.17, 15) is 14.7 Å². The van der Waals surface area contributed by atoms with Crippen molar-refractivity contribution in [1.82, 2.24) is 10.2 Å². The van der Waals surface area contributed by atoms with Crippen LogP contribution >= 0.6 is 11.3 Å². The van der Waals surface area contributed by atoms with Crippen LogP contribution in [0.5, 0.6) is 23.0 Å². The van der Waals surface area contributed by atoms with Gasteiger partial charge < -0.3 is 24.1 Å². The molecule has 6 rings (SSSR count). The zero-order valence-electron chi connectivity index (χ0n) is 22.9. The van der Waals surface area contributed by atoms with Gasteiger partial charge in [0.2, 0.25) is 5.13 Å². The fourth-order valence-corrected chi connectivity index (χ4v) is 5.61. The van der Waals surface area contributed by atoms with Gasteiger partial charge in [-0.05, 0) is 55.3 Å². The first-order valence-corrected chi connectivity index (χ1v) is 14.2. The maximum atomic E-state index is 13.6. The Hall–Kier alpha value is -4.90. The van der Waals surface area contributed by atoms with Gasteiger partial charge in [-0.1, -0.05) is 47.7 Å². The van der Waals surface area contributed by atoms with Gasteiger partial charge in [-0.3, -0.25) is 14.5 Å². The van der Waals surface area contributed by atoms with Gasteiger partial charge in [0.15, 0.2) is 23.0 Å². The van der Waals surface area contributed by atoms with Crippen molar-refractivity contribution in [2.24, 2.45) is 0 Å². The standard InChI is InChI=1S/C31H27N3O7S/c1-3-38-24-15-20(9-11-23(24)41-17-19-7-5-4-6-8-19)27-26(29(36)30(37)34(27)31-33-32-18(2)42-31)28(35)21-10-12-22-25(16-21)40-14-13-39-22/h4-12,15-16,27,35H,3,13-14,17H2,1-2H3/t27-/m0/s1. The molecule has 4 aromatic rings. The number of Topliss-reactive ketones (excluding diaryl/α,β-unsaturated/α-hetero) is 1. The molecule has 214 valence electrons. The summed E-state index contributed by atoms with van der Waals surface area (Å²) in [4.78, 5) is 28.3. The second-order valence-corrected chi connectivity index (χ2v) is 10.7. The average molecular weight is 586 g/mol. The molecule has 0 aliphatic carbocycles. The lowest BCUT2D eigenvalue weighted by Gasteiger charge is -2.24. The average Bonchev–Trinajstić information content (AvgIpc) is 3.56. The van der Waals surface area contributed by atoms with Crippen LogP contribution in [0, 0.1) is 6.92 Å². The summed E-state index contributed by atoms with van der Waals surface area (Å²) in [7, 11) is 0. The number of ether oxygens (including phenoxy) is 4. The number of hydrogen-bond donors (Lipinski definition) is 1. The first-order valence-electron chi connectivity index (χ1n) is 13.4. The summed E-state index contributed by atoms with van der Waals surface area (Å²) in [5, 5.41) is 20.6. The number of anilines is 1. The fourth-order valence-electron chi connectivity index (χ4n) is 4.89. The van der Waals surface area contributed by atoms with Crippen molar-refractivity contribution in [2.75, 3.05) is 24.7 Å². The number of amides is 1. The summed E-state index contributed by atoms with van der Waals surface area (Å²) in [5.41, 5.74) is 1.73. The van der Waals surface area contributed by atoms with Crippen molar-refractivity contribution in [3.8, 4) is 23.0 Å². The number of ketones is 1. The van der Waals surface area contributed by atoms with Crippen molar-refractivity contribution in [2.45, 2.75) is 26.5 Å². The van der Waals surface area contributed by atoms with Crippen LogP contribution in [0.15, 0.2) is 72.3 Å². The highest BCUT2D eigenvalue weighted by molar-refractivity contribution is 7.15. The molecule has 1 aromatic heterocycles. The first kappa shape index (κ1) is 27.3. The van der Waals surface area contributed by atoms with E-state index in [1.807, 2.05) is 37.3 Å². The van der Waals surface area contributed by atoms with Crippen LogP contribution in [0.25, 0.3) is 5.76 Å². The largest absolute Gasteiger partial charge is 0.507 e. The lowest BCUT2D eigenvalue weighted by molar-refractivity contribution is -0.132. The summed E-state index contributed by atoms with van der Waals surface area (Å²) in [6, 6.07) is 18.8. The molecule has 2 aliphatic heterocycles. The molecule has 0 bridgehead atoms. The predicted octanol–water partition coefficient (Wildman–Crippen LogP) is 5.22. The summed E-state index contributed by atoms with van der Waals surface area (Å²) in [6.45, 7) is 5.07. The van der Waals surface area contributed by atoms with Crippen LogP contribution < -0.4 is 23.8 Å². The Bertz CT molecular complexity index is 1690. The highest BCUT2D eigenvalue weighted by Crippen LogP contribution is 2.45. The van der Waals surface area contributed by atoms with Gasteiger partial charge in [0.1, 0.15) is 30.6 Å². The third kappa shape index (κ3) is 5.14. The van der Waals surface area contributed by atoms with Crippen molar-refractivity contribution in [3.05, 3.63) is 94.0 Å². The molecule has 3 aromatic carbocycles. The molecule has 0 unspecified atom stereocenters. The maximum absolute atomic E-state index is 13.6. The molecule has 11 heteroatoms. The van der Waals surface area contributed by atoms with E-state index in [4.69, 9.17) is 18.9 Å². The number of carbonyl (C=O) groups is 2. The Balaban J connectivity index is 1.45. The summed E-state index contributed by atoms with van der Waals surface area (Å²) < 4.78 is 23.3. The third-order valence-corrected chi connectivity index (χ3v) is 7.64. The highest BCUT2D eigenvalue weighted by Gasteiger charge is 2.48. The number of aliphatic hydroxyl groups is 1. The van der Waals surface area contributed by atoms with Crippen molar-refractivity contribution >= 4 is 33.9 Å². The van der Waals surface area contributed by atoms with Gasteiger partial charge in [0.25, 0.3) is 5.78 Å². The number of fused-ring (bicyclic) bond motifs is 1. The van der Waals surface area contributed by atoms with Crippen LogP contribution in [0.1, 0.15) is 34.7 Å². The highest BCUT2D eigenvalue weighted by atomic mass is 32.1. The number of aliphatic hydroxyl groups excluding tert-OH is 1. The van der Waals surface area contributed by atoms with E-state index in [1.54, 1.807) is 43.3 Å². The zero-order valence-corrected chi connectivity index (χ0v) is 23.7. The number of rotatable bonds is 8. The van der Waals surface area contributed by atoms with E-state index in [2.05, 4.69) is 10.2 Å². The van der Waals surface area contributed by atoms with E-state index in [0.717, 1.165) is 5.56 Å². The Morgan fingerprint density at radius 3 is 2.50 bits per heavy atom. The SMILES string of the molecule is CCOc1cc([C@H]2C(=C(O)c3ccc4c(c3)OCCO4)C(=O)C(=O)N2c2nnc(C)s2)ccc1OCc1ccccc1.